The molecule has 0 N–H and O–H groups in total. The molecule has 24 heavy (non-hydrogen) atoms. The summed E-state index contributed by atoms with van der Waals surface area (Å²) in [5.41, 5.74) is 2.20. The van der Waals surface area contributed by atoms with Gasteiger partial charge >= 0.3 is 0 Å². The van der Waals surface area contributed by atoms with Crippen LogP contribution in [-0.4, -0.2) is 10.7 Å². The second kappa shape index (κ2) is 5.81. The van der Waals surface area contributed by atoms with Gasteiger partial charge < -0.3 is 0 Å². The number of hydrogen-bond acceptors (Lipinski definition) is 6. The van der Waals surface area contributed by atoms with Crippen LogP contribution in [0.1, 0.15) is 22.2 Å². The number of para-hydroxylation sites is 1. The van der Waals surface area contributed by atoms with Crippen molar-refractivity contribution < 1.29 is 0 Å². The molecular formula is C18H13N3S3. The van der Waals surface area contributed by atoms with Crippen molar-refractivity contribution in [2.24, 2.45) is 5.10 Å². The van der Waals surface area contributed by atoms with Crippen molar-refractivity contribution in [3.63, 3.8) is 0 Å². The standard InChI is InChI=1S/C18H13N3S3/c1-2-6-16-12(5-1)19-18(24-16)21-14(17-8-4-10-23-17)11-13(20-21)15-7-3-9-22-15/h1-10,14H,11H2. The Labute approximate surface area is 151 Å². The van der Waals surface area contributed by atoms with Crippen molar-refractivity contribution in [3.05, 3.63) is 69.0 Å². The highest BCUT2D eigenvalue weighted by molar-refractivity contribution is 7.22. The highest BCUT2D eigenvalue weighted by Crippen LogP contribution is 2.41. The monoisotopic (exact) mass is 367 g/mol. The Kier molecular flexibility index (Phi) is 3.47. The molecule has 1 aromatic carbocycles. The van der Waals surface area contributed by atoms with Gasteiger partial charge in [0.2, 0.25) is 5.13 Å². The van der Waals surface area contributed by atoms with Crippen LogP contribution >= 0.6 is 34.0 Å². The number of thiazole rings is 1. The van der Waals surface area contributed by atoms with Crippen LogP contribution in [0.4, 0.5) is 5.13 Å². The minimum absolute atomic E-state index is 0.239. The molecule has 3 aromatic heterocycles. The molecule has 1 unspecified atom stereocenters. The SMILES string of the molecule is c1csc(C2=NN(c3nc4ccccc4s3)C(c3cccs3)C2)c1. The van der Waals surface area contributed by atoms with Crippen molar-refractivity contribution in [1.82, 2.24) is 4.98 Å². The Bertz CT molecular complexity index is 966. The highest BCUT2D eigenvalue weighted by Gasteiger charge is 2.32. The summed E-state index contributed by atoms with van der Waals surface area (Å²) < 4.78 is 1.21. The number of benzene rings is 1. The first-order valence-corrected chi connectivity index (χ1v) is 10.3. The number of hydrogen-bond donors (Lipinski definition) is 0. The Morgan fingerprint density at radius 1 is 0.958 bits per heavy atom. The molecule has 118 valence electrons. The summed E-state index contributed by atoms with van der Waals surface area (Å²) in [7, 11) is 0. The van der Waals surface area contributed by atoms with E-state index in [9.17, 15) is 0 Å². The zero-order chi connectivity index (χ0) is 15.9. The first-order chi connectivity index (χ1) is 11.9. The van der Waals surface area contributed by atoms with Gasteiger partial charge in [-0.05, 0) is 35.0 Å². The normalized spacial score (nSPS) is 17.6. The molecule has 0 bridgehead atoms. The van der Waals surface area contributed by atoms with Crippen LogP contribution in [0.25, 0.3) is 10.2 Å². The van der Waals surface area contributed by atoms with Crippen molar-refractivity contribution in [2.75, 3.05) is 5.01 Å². The molecule has 0 saturated heterocycles. The van der Waals surface area contributed by atoms with E-state index in [1.165, 1.54) is 14.5 Å². The van der Waals surface area contributed by atoms with Crippen molar-refractivity contribution >= 4 is 55.1 Å². The van der Waals surface area contributed by atoms with E-state index in [0.717, 1.165) is 22.8 Å². The molecule has 0 fully saturated rings. The molecule has 0 amide bonds. The molecule has 4 heterocycles. The van der Waals surface area contributed by atoms with E-state index in [1.807, 2.05) is 6.07 Å². The lowest BCUT2D eigenvalue weighted by Gasteiger charge is -2.19. The fourth-order valence-corrected chi connectivity index (χ4v) is 5.44. The lowest BCUT2D eigenvalue weighted by Crippen LogP contribution is -2.17. The fraction of sp³-hybridized carbons (Fsp3) is 0.111. The van der Waals surface area contributed by atoms with Gasteiger partial charge in [0.25, 0.3) is 0 Å². The summed E-state index contributed by atoms with van der Waals surface area (Å²) >= 11 is 5.25. The van der Waals surface area contributed by atoms with Crippen LogP contribution in [-0.2, 0) is 0 Å². The van der Waals surface area contributed by atoms with Crippen molar-refractivity contribution in [1.29, 1.82) is 0 Å². The van der Waals surface area contributed by atoms with Crippen LogP contribution in [0.15, 0.2) is 64.4 Å². The lowest BCUT2D eigenvalue weighted by atomic mass is 10.1. The molecule has 0 aliphatic carbocycles. The van der Waals surface area contributed by atoms with E-state index in [-0.39, 0.29) is 6.04 Å². The van der Waals surface area contributed by atoms with Crippen molar-refractivity contribution in [3.8, 4) is 0 Å². The summed E-state index contributed by atoms with van der Waals surface area (Å²) in [6.45, 7) is 0. The molecule has 3 nitrogen and oxygen atoms in total. The Morgan fingerprint density at radius 2 is 1.83 bits per heavy atom. The zero-order valence-corrected chi connectivity index (χ0v) is 15.1. The number of aromatic nitrogens is 1. The van der Waals surface area contributed by atoms with Gasteiger partial charge in [0.1, 0.15) is 0 Å². The molecule has 6 heteroatoms. The highest BCUT2D eigenvalue weighted by atomic mass is 32.1. The van der Waals surface area contributed by atoms with Gasteiger partial charge in [0, 0.05) is 11.3 Å². The molecule has 5 rings (SSSR count). The third-order valence-corrected chi connectivity index (χ3v) is 6.98. The van der Waals surface area contributed by atoms with Gasteiger partial charge in [0.05, 0.1) is 26.8 Å². The lowest BCUT2D eigenvalue weighted by molar-refractivity contribution is 0.720. The van der Waals surface area contributed by atoms with Crippen LogP contribution in [0, 0.1) is 0 Å². The first kappa shape index (κ1) is 14.3. The number of fused-ring (bicyclic) bond motifs is 1. The van der Waals surface area contributed by atoms with Gasteiger partial charge in [-0.1, -0.05) is 35.6 Å². The van der Waals surface area contributed by atoms with E-state index in [0.29, 0.717) is 0 Å². The quantitative estimate of drug-likeness (QED) is 0.459. The second-order valence-corrected chi connectivity index (χ2v) is 8.50. The Morgan fingerprint density at radius 3 is 2.62 bits per heavy atom. The van der Waals surface area contributed by atoms with Crippen LogP contribution in [0.3, 0.4) is 0 Å². The van der Waals surface area contributed by atoms with E-state index in [2.05, 4.69) is 58.2 Å². The van der Waals surface area contributed by atoms with Gasteiger partial charge in [-0.2, -0.15) is 5.10 Å². The first-order valence-electron chi connectivity index (χ1n) is 7.68. The second-order valence-electron chi connectivity index (χ2n) is 5.57. The fourth-order valence-electron chi connectivity index (χ4n) is 2.94. The summed E-state index contributed by atoms with van der Waals surface area (Å²) in [4.78, 5) is 7.40. The number of hydrazone groups is 1. The predicted molar refractivity (Wildman–Crippen MR) is 105 cm³/mol. The van der Waals surface area contributed by atoms with E-state index in [1.54, 1.807) is 34.0 Å². The van der Waals surface area contributed by atoms with Gasteiger partial charge in [-0.15, -0.1) is 22.7 Å². The topological polar surface area (TPSA) is 28.5 Å². The van der Waals surface area contributed by atoms with E-state index in [4.69, 9.17) is 10.1 Å². The summed E-state index contributed by atoms with van der Waals surface area (Å²) in [6.07, 6.45) is 0.928. The van der Waals surface area contributed by atoms with Gasteiger partial charge in [-0.25, -0.2) is 9.99 Å². The van der Waals surface area contributed by atoms with Crippen LogP contribution in [0.2, 0.25) is 0 Å². The Balaban J connectivity index is 1.61. The van der Waals surface area contributed by atoms with Gasteiger partial charge in [-0.3, -0.25) is 0 Å². The minimum atomic E-state index is 0.239. The molecule has 0 spiro atoms. The number of rotatable bonds is 3. The van der Waals surface area contributed by atoms with E-state index < -0.39 is 0 Å². The average Bonchev–Trinajstić information content (AvgIpc) is 3.40. The molecule has 0 radical (unpaired) electrons. The third-order valence-electron chi connectivity index (χ3n) is 4.07. The molecule has 4 aromatic rings. The summed E-state index contributed by atoms with van der Waals surface area (Å²) in [5.74, 6) is 0. The number of anilines is 1. The molecule has 1 aliphatic heterocycles. The number of nitrogens with zero attached hydrogens (tertiary/aromatic N) is 3. The zero-order valence-electron chi connectivity index (χ0n) is 12.6. The smallest absolute Gasteiger partial charge is 0.207 e. The maximum Gasteiger partial charge on any atom is 0.207 e. The Hall–Kier alpha value is -2.02. The third kappa shape index (κ3) is 2.38. The van der Waals surface area contributed by atoms with Crippen molar-refractivity contribution in [2.45, 2.75) is 12.5 Å². The van der Waals surface area contributed by atoms with Crippen LogP contribution in [0.5, 0.6) is 0 Å². The summed E-state index contributed by atoms with van der Waals surface area (Å²) in [5, 5.41) is 12.3. The maximum absolute atomic E-state index is 4.95. The van der Waals surface area contributed by atoms with Gasteiger partial charge in [0.15, 0.2) is 0 Å². The molecule has 1 aliphatic rings. The van der Waals surface area contributed by atoms with Crippen LogP contribution < -0.4 is 5.01 Å². The predicted octanol–water partition coefficient (Wildman–Crippen LogP) is 5.78. The summed E-state index contributed by atoms with van der Waals surface area (Å²) in [6, 6.07) is 17.1. The average molecular weight is 368 g/mol. The molecule has 0 saturated carbocycles. The maximum atomic E-state index is 4.95. The number of thiophene rings is 2. The minimum Gasteiger partial charge on any atom is -0.230 e. The van der Waals surface area contributed by atoms with E-state index >= 15 is 0 Å². The largest absolute Gasteiger partial charge is 0.230 e. The molecule has 1 atom stereocenters. The molecular weight excluding hydrogens is 354 g/mol.